The minimum absolute atomic E-state index is 0.0149. The van der Waals surface area contributed by atoms with Crippen molar-refractivity contribution in [2.45, 2.75) is 42.9 Å². The van der Waals surface area contributed by atoms with Gasteiger partial charge in [-0.3, -0.25) is 9.59 Å². The van der Waals surface area contributed by atoms with Crippen LogP contribution in [0.3, 0.4) is 0 Å². The van der Waals surface area contributed by atoms with Gasteiger partial charge in [0.05, 0.1) is 5.92 Å². The Balaban J connectivity index is 1.94. The zero-order valence-electron chi connectivity index (χ0n) is 16.7. The van der Waals surface area contributed by atoms with Gasteiger partial charge in [-0.2, -0.15) is 0 Å². The van der Waals surface area contributed by atoms with Crippen LogP contribution in [0.2, 0.25) is 0 Å². The highest BCUT2D eigenvalue weighted by Crippen LogP contribution is 2.46. The van der Waals surface area contributed by atoms with Gasteiger partial charge in [0.1, 0.15) is 0 Å². The summed E-state index contributed by atoms with van der Waals surface area (Å²) in [7, 11) is -0.330. The summed E-state index contributed by atoms with van der Waals surface area (Å²) in [5.74, 6) is -0.173. The molecule has 28 heavy (non-hydrogen) atoms. The molecule has 0 spiro atoms. The summed E-state index contributed by atoms with van der Waals surface area (Å²) in [5.41, 5.74) is 2.67. The molecule has 2 aromatic carbocycles. The van der Waals surface area contributed by atoms with Gasteiger partial charge >= 0.3 is 0 Å². The maximum atomic E-state index is 13.2. The molecule has 0 aromatic heterocycles. The molecule has 0 fully saturated rings. The first kappa shape index (κ1) is 18.8. The number of fused-ring (bicyclic) bond motifs is 2. The van der Waals surface area contributed by atoms with E-state index >= 15 is 0 Å². The van der Waals surface area contributed by atoms with Gasteiger partial charge in [0.25, 0.3) is 0 Å². The van der Waals surface area contributed by atoms with Crippen LogP contribution in [0.5, 0.6) is 0 Å². The third-order valence-electron chi connectivity index (χ3n) is 5.33. The molecule has 2 nitrogen and oxygen atoms in total. The molecule has 3 heteroatoms. The van der Waals surface area contributed by atoms with Crippen molar-refractivity contribution in [2.75, 3.05) is 0 Å². The van der Waals surface area contributed by atoms with Crippen LogP contribution in [0, 0.1) is 5.92 Å². The number of carbonyl (C=O) groups is 2. The third kappa shape index (κ3) is 3.14. The predicted octanol–water partition coefficient (Wildman–Crippen LogP) is 5.98. The van der Waals surface area contributed by atoms with Crippen LogP contribution in [-0.2, 0) is 5.41 Å². The lowest BCUT2D eigenvalue weighted by Crippen LogP contribution is -2.27. The standard InChI is InChI=1S/C25H24O2S/c1-16(26)17-9-14-23-21(15-17)24(27)20-7-5-6-8-22(20)28(23)19-12-10-18(11-13-19)25(2,3)4/h5-15,20H,1-4H3. The minimum atomic E-state index is -0.330. The molecule has 2 aromatic rings. The van der Waals surface area contributed by atoms with Gasteiger partial charge in [-0.25, -0.2) is 0 Å². The van der Waals surface area contributed by atoms with Crippen LogP contribution in [0.1, 0.15) is 54.0 Å². The molecule has 1 heterocycles. The Morgan fingerprint density at radius 3 is 2.36 bits per heavy atom. The number of hydrogen-bond acceptors (Lipinski definition) is 2. The molecule has 0 radical (unpaired) electrons. The van der Waals surface area contributed by atoms with Crippen molar-refractivity contribution in [3.05, 3.63) is 83.5 Å². The summed E-state index contributed by atoms with van der Waals surface area (Å²) >= 11 is 0. The highest BCUT2D eigenvalue weighted by molar-refractivity contribution is 8.16. The Morgan fingerprint density at radius 1 is 1.00 bits per heavy atom. The largest absolute Gasteiger partial charge is 0.295 e. The van der Waals surface area contributed by atoms with Gasteiger partial charge in [0.2, 0.25) is 0 Å². The lowest BCUT2D eigenvalue weighted by atomic mass is 9.87. The highest BCUT2D eigenvalue weighted by Gasteiger charge is 2.33. The quantitative estimate of drug-likeness (QED) is 0.468. The third-order valence-corrected chi connectivity index (χ3v) is 7.73. The van der Waals surface area contributed by atoms with E-state index in [1.54, 1.807) is 13.0 Å². The zero-order chi connectivity index (χ0) is 20.1. The van der Waals surface area contributed by atoms with Gasteiger partial charge < -0.3 is 0 Å². The molecule has 2 aliphatic rings. The molecule has 0 saturated heterocycles. The monoisotopic (exact) mass is 388 g/mol. The molecule has 2 unspecified atom stereocenters. The van der Waals surface area contributed by atoms with Crippen LogP contribution >= 0.6 is 10.5 Å². The molecule has 0 N–H and O–H groups in total. The summed E-state index contributed by atoms with van der Waals surface area (Å²) in [5, 5.41) is 0. The SMILES string of the molecule is CC(=O)c1ccc2c(c1)C(=O)C1C=CC=CC1=S2c1ccc(C(C)(C)C)cc1. The minimum Gasteiger partial charge on any atom is -0.295 e. The lowest BCUT2D eigenvalue weighted by Gasteiger charge is -2.29. The van der Waals surface area contributed by atoms with E-state index in [-0.39, 0.29) is 33.4 Å². The van der Waals surface area contributed by atoms with Gasteiger partial charge in [0, 0.05) is 20.9 Å². The molecule has 0 bridgehead atoms. The first-order valence-corrected chi connectivity index (χ1v) is 10.8. The van der Waals surface area contributed by atoms with Gasteiger partial charge in [-0.05, 0) is 47.0 Å². The average molecular weight is 389 g/mol. The molecule has 142 valence electrons. The van der Waals surface area contributed by atoms with Crippen molar-refractivity contribution in [1.82, 2.24) is 0 Å². The fourth-order valence-corrected chi connectivity index (χ4v) is 6.13. The van der Waals surface area contributed by atoms with E-state index in [0.717, 1.165) is 9.76 Å². The molecule has 2 atom stereocenters. The molecule has 0 saturated carbocycles. The van der Waals surface area contributed by atoms with E-state index in [0.29, 0.717) is 11.1 Å². The predicted molar refractivity (Wildman–Crippen MR) is 117 cm³/mol. The molecular weight excluding hydrogens is 364 g/mol. The van der Waals surface area contributed by atoms with E-state index < -0.39 is 0 Å². The second-order valence-electron chi connectivity index (χ2n) is 8.34. The van der Waals surface area contributed by atoms with E-state index in [1.807, 2.05) is 30.4 Å². The summed E-state index contributed by atoms with van der Waals surface area (Å²) in [4.78, 5) is 28.4. The second kappa shape index (κ2) is 6.82. The van der Waals surface area contributed by atoms with Gasteiger partial charge in [0.15, 0.2) is 11.6 Å². The molecule has 1 aliphatic heterocycles. The number of ketones is 2. The summed E-state index contributed by atoms with van der Waals surface area (Å²) in [6.07, 6.45) is 8.02. The molecule has 0 amide bonds. The second-order valence-corrected chi connectivity index (χ2v) is 10.3. The Morgan fingerprint density at radius 2 is 1.71 bits per heavy atom. The van der Waals surface area contributed by atoms with Crippen molar-refractivity contribution in [3.63, 3.8) is 0 Å². The van der Waals surface area contributed by atoms with E-state index in [4.69, 9.17) is 0 Å². The van der Waals surface area contributed by atoms with Crippen molar-refractivity contribution in [3.8, 4) is 0 Å². The van der Waals surface area contributed by atoms with Crippen LogP contribution in [0.4, 0.5) is 0 Å². The first-order chi connectivity index (χ1) is 13.3. The summed E-state index contributed by atoms with van der Waals surface area (Å²) in [6.45, 7) is 8.17. The number of allylic oxidation sites excluding steroid dienone is 4. The maximum Gasteiger partial charge on any atom is 0.175 e. The Bertz CT molecular complexity index is 1080. The number of rotatable bonds is 2. The van der Waals surface area contributed by atoms with Crippen molar-refractivity contribution in [2.24, 2.45) is 5.92 Å². The number of hydrogen-bond donors (Lipinski definition) is 0. The molecule has 4 rings (SSSR count). The van der Waals surface area contributed by atoms with E-state index in [2.05, 4.69) is 51.1 Å². The Hall–Kier alpha value is -2.52. The van der Waals surface area contributed by atoms with E-state index in [1.165, 1.54) is 10.5 Å². The van der Waals surface area contributed by atoms with Crippen LogP contribution in [-0.4, -0.2) is 16.4 Å². The number of carbonyl (C=O) groups excluding carboxylic acids is 2. The molecule has 1 aliphatic carbocycles. The van der Waals surface area contributed by atoms with Crippen molar-refractivity contribution < 1.29 is 9.59 Å². The fraction of sp³-hybridized carbons (Fsp3) is 0.240. The van der Waals surface area contributed by atoms with Gasteiger partial charge in [-0.1, -0.05) is 63.3 Å². The normalized spacial score (nSPS) is 20.7. The van der Waals surface area contributed by atoms with Crippen LogP contribution < -0.4 is 0 Å². The smallest absolute Gasteiger partial charge is 0.175 e. The van der Waals surface area contributed by atoms with Crippen molar-refractivity contribution in [1.29, 1.82) is 0 Å². The fourth-order valence-electron chi connectivity index (χ4n) is 3.70. The van der Waals surface area contributed by atoms with Crippen LogP contribution in [0.15, 0.2) is 76.6 Å². The van der Waals surface area contributed by atoms with E-state index in [9.17, 15) is 9.59 Å². The van der Waals surface area contributed by atoms with Crippen molar-refractivity contribution >= 4 is 26.9 Å². The lowest BCUT2D eigenvalue weighted by molar-refractivity contribution is 0.0969. The average Bonchev–Trinajstić information content (AvgIpc) is 2.67. The molecular formula is C25H24O2S. The summed E-state index contributed by atoms with van der Waals surface area (Å²) < 4.78 is 0. The topological polar surface area (TPSA) is 34.1 Å². The highest BCUT2D eigenvalue weighted by atomic mass is 32.2. The number of Topliss-reactive ketones (excluding diaryl/α,β-unsaturated/α-hetero) is 2. The van der Waals surface area contributed by atoms with Gasteiger partial charge in [-0.15, -0.1) is 10.5 Å². The Labute approximate surface area is 168 Å². The first-order valence-electron chi connectivity index (χ1n) is 9.53. The number of benzene rings is 2. The summed E-state index contributed by atoms with van der Waals surface area (Å²) in [6, 6.07) is 14.4. The Kier molecular flexibility index (Phi) is 4.59. The maximum absolute atomic E-state index is 13.2. The zero-order valence-corrected chi connectivity index (χ0v) is 17.5. The van der Waals surface area contributed by atoms with Crippen LogP contribution in [0.25, 0.3) is 0 Å².